The van der Waals surface area contributed by atoms with Crippen molar-refractivity contribution in [3.8, 4) is 0 Å². The molecule has 0 fully saturated rings. The van der Waals surface area contributed by atoms with Crippen LogP contribution in [-0.2, 0) is 6.18 Å². The van der Waals surface area contributed by atoms with Crippen LogP contribution in [0, 0.1) is 0 Å². The van der Waals surface area contributed by atoms with Crippen LogP contribution < -0.4 is 5.73 Å². The molecule has 0 saturated heterocycles. The Hall–Kier alpha value is -2.29. The Balaban J connectivity index is 2.43. The van der Waals surface area contributed by atoms with Gasteiger partial charge in [0.05, 0.1) is 5.56 Å². The van der Waals surface area contributed by atoms with Gasteiger partial charge in [0.2, 0.25) is 0 Å². The molecule has 0 atom stereocenters. The molecule has 2 aromatic rings. The minimum Gasteiger partial charge on any atom is -0.409 e. The Morgan fingerprint density at radius 2 is 1.90 bits per heavy atom. The summed E-state index contributed by atoms with van der Waals surface area (Å²) in [5.41, 5.74) is 3.94. The second kappa shape index (κ2) is 6.00. The molecule has 1 aromatic heterocycles. The van der Waals surface area contributed by atoms with Crippen LogP contribution in [0.2, 0.25) is 0 Å². The first-order chi connectivity index (χ1) is 9.91. The topological polar surface area (TPSA) is 84.4 Å². The molecule has 0 unspecified atom stereocenters. The monoisotopic (exact) mass is 314 g/mol. The summed E-state index contributed by atoms with van der Waals surface area (Å²) in [6.07, 6.45) is -1.56. The molecule has 0 aliphatic heterocycles. The van der Waals surface area contributed by atoms with E-state index in [1.807, 2.05) is 0 Å². The van der Waals surface area contributed by atoms with Crippen molar-refractivity contribution in [2.24, 2.45) is 10.9 Å². The summed E-state index contributed by atoms with van der Waals surface area (Å²) in [7, 11) is 0. The summed E-state index contributed by atoms with van der Waals surface area (Å²) in [5, 5.41) is 11.6. The van der Waals surface area contributed by atoms with Crippen LogP contribution in [0.5, 0.6) is 0 Å². The standard InChI is InChI=1S/C12H9F3N4OS/c13-12(14,15)9-3-2-7(6-8(9)10(16)19-20)21-11-17-4-1-5-18-11/h1-6,20H,(H2,16,19). The fraction of sp³-hybridized carbons (Fsp3) is 0.0833. The second-order valence-electron chi connectivity index (χ2n) is 3.82. The molecule has 0 aliphatic rings. The number of amidine groups is 1. The highest BCUT2D eigenvalue weighted by Gasteiger charge is 2.34. The number of aromatic nitrogens is 2. The van der Waals surface area contributed by atoms with Crippen LogP contribution in [0.1, 0.15) is 11.1 Å². The Morgan fingerprint density at radius 3 is 2.48 bits per heavy atom. The molecule has 3 N–H and O–H groups in total. The summed E-state index contributed by atoms with van der Waals surface area (Å²) >= 11 is 1.07. The quantitative estimate of drug-likeness (QED) is 0.299. The Morgan fingerprint density at radius 1 is 1.24 bits per heavy atom. The van der Waals surface area contributed by atoms with Gasteiger partial charge in [-0.15, -0.1) is 0 Å². The molecule has 0 aliphatic carbocycles. The van der Waals surface area contributed by atoms with Crippen molar-refractivity contribution in [1.29, 1.82) is 0 Å². The van der Waals surface area contributed by atoms with Crippen molar-refractivity contribution in [1.82, 2.24) is 9.97 Å². The normalized spacial score (nSPS) is 12.4. The predicted molar refractivity (Wildman–Crippen MR) is 70.1 cm³/mol. The number of nitrogens with zero attached hydrogens (tertiary/aromatic N) is 3. The van der Waals surface area contributed by atoms with Crippen molar-refractivity contribution < 1.29 is 18.4 Å². The van der Waals surface area contributed by atoms with Gasteiger partial charge >= 0.3 is 6.18 Å². The molecule has 0 spiro atoms. The Labute approximate surface area is 121 Å². The maximum absolute atomic E-state index is 12.9. The van der Waals surface area contributed by atoms with E-state index >= 15 is 0 Å². The first-order valence-corrected chi connectivity index (χ1v) is 6.37. The van der Waals surface area contributed by atoms with Gasteiger partial charge in [0.1, 0.15) is 0 Å². The maximum atomic E-state index is 12.9. The van der Waals surface area contributed by atoms with Crippen molar-refractivity contribution in [3.63, 3.8) is 0 Å². The zero-order chi connectivity index (χ0) is 15.5. The van der Waals surface area contributed by atoms with Crippen molar-refractivity contribution in [3.05, 3.63) is 47.8 Å². The first-order valence-electron chi connectivity index (χ1n) is 5.56. The van der Waals surface area contributed by atoms with Crippen molar-refractivity contribution in [2.45, 2.75) is 16.2 Å². The van der Waals surface area contributed by atoms with Gasteiger partial charge in [-0.1, -0.05) is 5.16 Å². The van der Waals surface area contributed by atoms with E-state index in [4.69, 9.17) is 10.9 Å². The summed E-state index contributed by atoms with van der Waals surface area (Å²) in [6, 6.07) is 4.95. The molecule has 0 bridgehead atoms. The third kappa shape index (κ3) is 3.63. The van der Waals surface area contributed by atoms with Crippen molar-refractivity contribution >= 4 is 17.6 Å². The predicted octanol–water partition coefficient (Wildman–Crippen LogP) is 2.74. The molecule has 0 amide bonds. The number of benzene rings is 1. The molecule has 1 aromatic carbocycles. The first kappa shape index (κ1) is 15.1. The number of halogens is 3. The molecule has 21 heavy (non-hydrogen) atoms. The smallest absolute Gasteiger partial charge is 0.409 e. The van der Waals surface area contributed by atoms with E-state index in [0.717, 1.165) is 17.8 Å². The third-order valence-electron chi connectivity index (χ3n) is 2.43. The zero-order valence-corrected chi connectivity index (χ0v) is 11.2. The number of hydrogen-bond acceptors (Lipinski definition) is 5. The van der Waals surface area contributed by atoms with Crippen LogP contribution in [0.3, 0.4) is 0 Å². The lowest BCUT2D eigenvalue weighted by atomic mass is 10.1. The van der Waals surface area contributed by atoms with E-state index in [-0.39, 0.29) is 0 Å². The lowest BCUT2D eigenvalue weighted by molar-refractivity contribution is -0.137. The van der Waals surface area contributed by atoms with Gasteiger partial charge in [0.15, 0.2) is 11.0 Å². The van der Waals surface area contributed by atoms with Crippen LogP contribution >= 0.6 is 11.8 Å². The lowest BCUT2D eigenvalue weighted by Gasteiger charge is -2.13. The van der Waals surface area contributed by atoms with E-state index in [2.05, 4.69) is 15.1 Å². The second-order valence-corrected chi connectivity index (χ2v) is 4.86. The van der Waals surface area contributed by atoms with Crippen LogP contribution in [-0.4, -0.2) is 21.0 Å². The zero-order valence-electron chi connectivity index (χ0n) is 10.4. The van der Waals surface area contributed by atoms with E-state index in [1.165, 1.54) is 24.5 Å². The van der Waals surface area contributed by atoms with Gasteiger partial charge in [0, 0.05) is 22.9 Å². The van der Waals surface area contributed by atoms with E-state index < -0.39 is 23.1 Å². The Kier molecular flexibility index (Phi) is 4.32. The fourth-order valence-corrected chi connectivity index (χ4v) is 2.29. The van der Waals surface area contributed by atoms with E-state index in [0.29, 0.717) is 10.1 Å². The van der Waals surface area contributed by atoms with Gasteiger partial charge in [-0.25, -0.2) is 9.97 Å². The van der Waals surface area contributed by atoms with Gasteiger partial charge in [0.25, 0.3) is 0 Å². The molecule has 0 saturated carbocycles. The average Bonchev–Trinajstić information content (AvgIpc) is 2.46. The van der Waals surface area contributed by atoms with Gasteiger partial charge < -0.3 is 10.9 Å². The molecular weight excluding hydrogens is 305 g/mol. The summed E-state index contributed by atoms with van der Waals surface area (Å²) in [5.74, 6) is -0.612. The minimum atomic E-state index is -4.60. The van der Waals surface area contributed by atoms with Gasteiger partial charge in [-0.3, -0.25) is 0 Å². The molecule has 0 radical (unpaired) electrons. The highest BCUT2D eigenvalue weighted by atomic mass is 32.2. The van der Waals surface area contributed by atoms with Gasteiger partial charge in [-0.05, 0) is 36.0 Å². The number of oxime groups is 1. The summed E-state index contributed by atoms with van der Waals surface area (Å²) in [6.45, 7) is 0. The lowest BCUT2D eigenvalue weighted by Crippen LogP contribution is -2.20. The highest BCUT2D eigenvalue weighted by molar-refractivity contribution is 7.99. The van der Waals surface area contributed by atoms with E-state index in [9.17, 15) is 13.2 Å². The summed E-state index contributed by atoms with van der Waals surface area (Å²) in [4.78, 5) is 8.36. The minimum absolute atomic E-state index is 0.378. The molecule has 1 heterocycles. The third-order valence-corrected chi connectivity index (χ3v) is 3.31. The molecule has 5 nitrogen and oxygen atoms in total. The highest BCUT2D eigenvalue weighted by Crippen LogP contribution is 2.35. The fourth-order valence-electron chi connectivity index (χ4n) is 1.54. The SMILES string of the molecule is N/C(=N/O)c1cc(Sc2ncccn2)ccc1C(F)(F)F. The van der Waals surface area contributed by atoms with E-state index in [1.54, 1.807) is 6.07 Å². The van der Waals surface area contributed by atoms with Crippen LogP contribution in [0.25, 0.3) is 0 Å². The molecular formula is C12H9F3N4OS. The van der Waals surface area contributed by atoms with Crippen LogP contribution in [0.4, 0.5) is 13.2 Å². The summed E-state index contributed by atoms with van der Waals surface area (Å²) < 4.78 is 38.6. The number of rotatable bonds is 3. The molecule has 110 valence electrons. The largest absolute Gasteiger partial charge is 0.417 e. The van der Waals surface area contributed by atoms with Crippen LogP contribution in [0.15, 0.2) is 51.9 Å². The number of alkyl halides is 3. The number of hydrogen-bond donors (Lipinski definition) is 2. The maximum Gasteiger partial charge on any atom is 0.417 e. The van der Waals surface area contributed by atoms with Gasteiger partial charge in [-0.2, -0.15) is 13.2 Å². The van der Waals surface area contributed by atoms with Crippen molar-refractivity contribution in [2.75, 3.05) is 0 Å². The molecule has 9 heteroatoms. The Bertz CT molecular complexity index is 661. The average molecular weight is 314 g/mol. The number of nitrogens with two attached hydrogens (primary N) is 1. The molecule has 2 rings (SSSR count).